The van der Waals surface area contributed by atoms with Gasteiger partial charge in [-0.15, -0.1) is 0 Å². The molecule has 1 unspecified atom stereocenters. The fraction of sp³-hybridized carbons (Fsp3) is 0.533. The molecule has 1 aromatic carbocycles. The number of fused-ring (bicyclic) bond motifs is 1. The first-order valence-electron chi connectivity index (χ1n) is 7.15. The summed E-state index contributed by atoms with van der Waals surface area (Å²) >= 11 is 0. The molecule has 1 aromatic rings. The monoisotopic (exact) mass is 276 g/mol. The Kier molecular flexibility index (Phi) is 4.84. The molecule has 0 aromatic heterocycles. The molecule has 1 heterocycles. The van der Waals surface area contributed by atoms with Crippen LogP contribution in [0.25, 0.3) is 0 Å². The number of carbonyl (C=O) groups excluding carboxylic acids is 1. The number of carbonyl (C=O) groups is 1. The molecule has 5 nitrogen and oxygen atoms in total. The topological polar surface area (TPSA) is 56.4 Å². The molecule has 110 valence electrons. The number of nitrogens with one attached hydrogen (secondary N) is 3. The molecule has 3 N–H and O–H groups in total. The number of anilines is 2. The van der Waals surface area contributed by atoms with Crippen molar-refractivity contribution in [3.63, 3.8) is 0 Å². The lowest BCUT2D eigenvalue weighted by Gasteiger charge is -2.28. The zero-order valence-electron chi connectivity index (χ0n) is 12.4. The van der Waals surface area contributed by atoms with E-state index in [2.05, 4.69) is 41.7 Å². The maximum atomic E-state index is 12.1. The molecule has 2 rings (SSSR count). The fourth-order valence-corrected chi connectivity index (χ4v) is 2.11. The van der Waals surface area contributed by atoms with Crippen molar-refractivity contribution >= 4 is 17.3 Å². The normalized spacial score (nSPS) is 17.4. The zero-order valence-corrected chi connectivity index (χ0v) is 12.4. The standard InChI is InChI=1S/C15H24N4O/c1-11(2)19(3)9-8-16-15(20)14-10-17-12-6-4-5-7-13(12)18-14/h4-7,11,14,17-18H,8-10H2,1-3H3,(H,16,20). The molecule has 1 aliphatic rings. The number of hydrogen-bond donors (Lipinski definition) is 3. The summed E-state index contributed by atoms with van der Waals surface area (Å²) in [6.07, 6.45) is 0. The number of benzene rings is 1. The Morgan fingerprint density at radius 3 is 2.80 bits per heavy atom. The van der Waals surface area contributed by atoms with Crippen LogP contribution in [0.1, 0.15) is 13.8 Å². The fourth-order valence-electron chi connectivity index (χ4n) is 2.11. The number of nitrogens with zero attached hydrogens (tertiary/aromatic N) is 1. The van der Waals surface area contributed by atoms with Gasteiger partial charge in [-0.2, -0.15) is 0 Å². The highest BCUT2D eigenvalue weighted by Gasteiger charge is 2.22. The lowest BCUT2D eigenvalue weighted by Crippen LogP contribution is -2.47. The summed E-state index contributed by atoms with van der Waals surface area (Å²) < 4.78 is 0. The van der Waals surface area contributed by atoms with E-state index in [1.165, 1.54) is 0 Å². The van der Waals surface area contributed by atoms with Crippen LogP contribution in [0.4, 0.5) is 11.4 Å². The minimum Gasteiger partial charge on any atom is -0.381 e. The van der Waals surface area contributed by atoms with Crippen LogP contribution in [0.15, 0.2) is 24.3 Å². The van der Waals surface area contributed by atoms with Crippen molar-refractivity contribution in [2.45, 2.75) is 25.9 Å². The van der Waals surface area contributed by atoms with E-state index < -0.39 is 0 Å². The average molecular weight is 276 g/mol. The van der Waals surface area contributed by atoms with Gasteiger partial charge in [0.05, 0.1) is 11.4 Å². The van der Waals surface area contributed by atoms with Crippen LogP contribution < -0.4 is 16.0 Å². The van der Waals surface area contributed by atoms with Crippen LogP contribution in [0.5, 0.6) is 0 Å². The smallest absolute Gasteiger partial charge is 0.244 e. The summed E-state index contributed by atoms with van der Waals surface area (Å²) in [4.78, 5) is 14.3. The highest BCUT2D eigenvalue weighted by Crippen LogP contribution is 2.24. The Balaban J connectivity index is 1.80. The largest absolute Gasteiger partial charge is 0.381 e. The van der Waals surface area contributed by atoms with Gasteiger partial charge in [0, 0.05) is 25.7 Å². The van der Waals surface area contributed by atoms with Crippen molar-refractivity contribution in [3.8, 4) is 0 Å². The number of para-hydroxylation sites is 2. The second kappa shape index (κ2) is 6.61. The van der Waals surface area contributed by atoms with Gasteiger partial charge in [-0.05, 0) is 33.0 Å². The van der Waals surface area contributed by atoms with Gasteiger partial charge in [-0.1, -0.05) is 12.1 Å². The molecule has 0 saturated carbocycles. The SMILES string of the molecule is CC(C)N(C)CCNC(=O)C1CNc2ccccc2N1. The second-order valence-corrected chi connectivity index (χ2v) is 5.49. The van der Waals surface area contributed by atoms with Crippen molar-refractivity contribution in [3.05, 3.63) is 24.3 Å². The van der Waals surface area contributed by atoms with Gasteiger partial charge < -0.3 is 20.9 Å². The minimum atomic E-state index is -0.214. The van der Waals surface area contributed by atoms with Crippen LogP contribution in [0.3, 0.4) is 0 Å². The lowest BCUT2D eigenvalue weighted by atomic mass is 10.1. The van der Waals surface area contributed by atoms with E-state index in [0.29, 0.717) is 19.1 Å². The number of rotatable bonds is 5. The summed E-state index contributed by atoms with van der Waals surface area (Å²) in [7, 11) is 2.06. The Labute approximate surface area is 120 Å². The van der Waals surface area contributed by atoms with Crippen molar-refractivity contribution in [2.24, 2.45) is 0 Å². The number of amides is 1. The molecule has 5 heteroatoms. The van der Waals surface area contributed by atoms with Crippen LogP contribution >= 0.6 is 0 Å². The number of hydrogen-bond acceptors (Lipinski definition) is 4. The molecule has 0 aliphatic carbocycles. The van der Waals surface area contributed by atoms with E-state index in [1.54, 1.807) is 0 Å². The highest BCUT2D eigenvalue weighted by molar-refractivity contribution is 5.88. The molecule has 1 aliphatic heterocycles. The molecular weight excluding hydrogens is 252 g/mol. The summed E-state index contributed by atoms with van der Waals surface area (Å²) in [6, 6.07) is 8.21. The Hall–Kier alpha value is -1.75. The molecule has 20 heavy (non-hydrogen) atoms. The Morgan fingerprint density at radius 1 is 1.40 bits per heavy atom. The Morgan fingerprint density at radius 2 is 2.10 bits per heavy atom. The molecule has 1 atom stereocenters. The first-order chi connectivity index (χ1) is 9.58. The van der Waals surface area contributed by atoms with E-state index in [4.69, 9.17) is 0 Å². The summed E-state index contributed by atoms with van der Waals surface area (Å²) in [5.41, 5.74) is 2.04. The van der Waals surface area contributed by atoms with E-state index in [9.17, 15) is 4.79 Å². The molecule has 0 spiro atoms. The third-order valence-corrected chi connectivity index (χ3v) is 3.72. The second-order valence-electron chi connectivity index (χ2n) is 5.49. The number of likely N-dealkylation sites (N-methyl/N-ethyl adjacent to an activating group) is 1. The summed E-state index contributed by atoms with van der Waals surface area (Å²) in [5, 5.41) is 9.53. The van der Waals surface area contributed by atoms with Crippen molar-refractivity contribution in [1.82, 2.24) is 10.2 Å². The van der Waals surface area contributed by atoms with Gasteiger partial charge in [-0.25, -0.2) is 0 Å². The molecule has 0 bridgehead atoms. The van der Waals surface area contributed by atoms with Crippen molar-refractivity contribution in [1.29, 1.82) is 0 Å². The highest BCUT2D eigenvalue weighted by atomic mass is 16.2. The van der Waals surface area contributed by atoms with E-state index >= 15 is 0 Å². The lowest BCUT2D eigenvalue weighted by molar-refractivity contribution is -0.121. The van der Waals surface area contributed by atoms with E-state index in [0.717, 1.165) is 17.9 Å². The van der Waals surface area contributed by atoms with E-state index in [1.807, 2.05) is 24.3 Å². The van der Waals surface area contributed by atoms with Crippen LogP contribution in [0, 0.1) is 0 Å². The third-order valence-electron chi connectivity index (χ3n) is 3.72. The predicted molar refractivity (Wildman–Crippen MR) is 83.1 cm³/mol. The van der Waals surface area contributed by atoms with Crippen LogP contribution in [-0.4, -0.2) is 49.6 Å². The third kappa shape index (κ3) is 3.63. The molecule has 0 saturated heterocycles. The van der Waals surface area contributed by atoms with Crippen LogP contribution in [0.2, 0.25) is 0 Å². The van der Waals surface area contributed by atoms with Gasteiger partial charge in [0.25, 0.3) is 0 Å². The quantitative estimate of drug-likeness (QED) is 0.760. The first-order valence-corrected chi connectivity index (χ1v) is 7.15. The zero-order chi connectivity index (χ0) is 14.5. The summed E-state index contributed by atoms with van der Waals surface area (Å²) in [6.45, 7) is 6.44. The van der Waals surface area contributed by atoms with E-state index in [-0.39, 0.29) is 11.9 Å². The summed E-state index contributed by atoms with van der Waals surface area (Å²) in [5.74, 6) is 0.0455. The Bertz CT molecular complexity index is 461. The average Bonchev–Trinajstić information content (AvgIpc) is 2.46. The van der Waals surface area contributed by atoms with Crippen LogP contribution in [-0.2, 0) is 4.79 Å². The van der Waals surface area contributed by atoms with Crippen molar-refractivity contribution in [2.75, 3.05) is 37.3 Å². The maximum absolute atomic E-state index is 12.1. The molecule has 0 radical (unpaired) electrons. The molecular formula is C15H24N4O. The molecule has 1 amide bonds. The van der Waals surface area contributed by atoms with Gasteiger partial charge in [0.2, 0.25) is 5.91 Å². The van der Waals surface area contributed by atoms with Gasteiger partial charge in [-0.3, -0.25) is 4.79 Å². The predicted octanol–water partition coefficient (Wildman–Crippen LogP) is 1.35. The first kappa shape index (κ1) is 14.7. The molecule has 0 fully saturated rings. The maximum Gasteiger partial charge on any atom is 0.244 e. The van der Waals surface area contributed by atoms with Gasteiger partial charge in [0.15, 0.2) is 0 Å². The van der Waals surface area contributed by atoms with Gasteiger partial charge >= 0.3 is 0 Å². The minimum absolute atomic E-state index is 0.0455. The van der Waals surface area contributed by atoms with Gasteiger partial charge in [0.1, 0.15) is 6.04 Å². The van der Waals surface area contributed by atoms with Crippen molar-refractivity contribution < 1.29 is 4.79 Å².